The van der Waals surface area contributed by atoms with Crippen molar-refractivity contribution in [2.24, 2.45) is 0 Å². The Balaban J connectivity index is 1.88. The number of rotatable bonds is 6. The minimum Gasteiger partial charge on any atom is -0.480 e. The van der Waals surface area contributed by atoms with Gasteiger partial charge in [0.1, 0.15) is 10.4 Å². The zero-order valence-corrected chi connectivity index (χ0v) is 16.0. The van der Waals surface area contributed by atoms with Crippen molar-refractivity contribution in [1.29, 1.82) is 0 Å². The van der Waals surface area contributed by atoms with Gasteiger partial charge in [0.2, 0.25) is 0 Å². The fourth-order valence-corrected chi connectivity index (χ4v) is 4.11. The fraction of sp³-hybridized carbons (Fsp3) is 0.105. The molecule has 1 N–H and O–H groups in total. The predicted octanol–water partition coefficient (Wildman–Crippen LogP) is 3.49. The Labute approximate surface area is 169 Å². The van der Waals surface area contributed by atoms with E-state index >= 15 is 0 Å². The van der Waals surface area contributed by atoms with Gasteiger partial charge in [-0.05, 0) is 17.2 Å². The molecule has 0 spiro atoms. The zero-order chi connectivity index (χ0) is 20.3. The van der Waals surface area contributed by atoms with Gasteiger partial charge in [-0.2, -0.15) is 0 Å². The van der Waals surface area contributed by atoms with Crippen molar-refractivity contribution in [2.75, 3.05) is 0 Å². The molecule has 1 atom stereocenters. The number of carboxylic acids is 1. The smallest absolute Gasteiger partial charge is 0.327 e. The lowest BCUT2D eigenvalue weighted by molar-refractivity contribution is -0.384. The number of carboxylic acid groups (broad SMARTS) is 1. The second kappa shape index (κ2) is 8.32. The van der Waals surface area contributed by atoms with E-state index in [9.17, 15) is 24.8 Å². The number of nitrogens with zero attached hydrogens (tertiary/aromatic N) is 2. The van der Waals surface area contributed by atoms with Gasteiger partial charge in [0.25, 0.3) is 11.6 Å². The second-order valence-corrected chi connectivity index (χ2v) is 7.62. The molecule has 2 aromatic carbocycles. The van der Waals surface area contributed by atoms with Crippen LogP contribution in [0.25, 0.3) is 6.08 Å². The molecule has 1 fully saturated rings. The topological polar surface area (TPSA) is 101 Å². The van der Waals surface area contributed by atoms with Crippen molar-refractivity contribution < 1.29 is 19.6 Å². The summed E-state index contributed by atoms with van der Waals surface area (Å²) in [6, 6.07) is 13.7. The van der Waals surface area contributed by atoms with Gasteiger partial charge >= 0.3 is 5.97 Å². The van der Waals surface area contributed by atoms with E-state index in [2.05, 4.69) is 0 Å². The predicted molar refractivity (Wildman–Crippen MR) is 110 cm³/mol. The maximum absolute atomic E-state index is 12.8. The third kappa shape index (κ3) is 4.26. The lowest BCUT2D eigenvalue weighted by Crippen LogP contribution is -2.45. The summed E-state index contributed by atoms with van der Waals surface area (Å²) in [5.74, 6) is -1.68. The van der Waals surface area contributed by atoms with Crippen LogP contribution in [0, 0.1) is 10.1 Å². The molecule has 0 saturated carbocycles. The van der Waals surface area contributed by atoms with E-state index in [-0.39, 0.29) is 21.3 Å². The molecule has 1 aliphatic rings. The quantitative estimate of drug-likeness (QED) is 0.334. The third-order valence-electron chi connectivity index (χ3n) is 4.07. The fourth-order valence-electron chi connectivity index (χ4n) is 2.75. The molecule has 7 nitrogen and oxygen atoms in total. The number of thiocarbonyl (C=S) groups is 1. The van der Waals surface area contributed by atoms with Gasteiger partial charge in [-0.25, -0.2) is 4.79 Å². The standard InChI is InChI=1S/C19H14N2O5S2/c22-17-16(11-13-7-4-8-14(9-13)21(25)26)28-19(27)20(17)15(18(23)24)10-12-5-2-1-3-6-12/h1-9,11,15H,10H2,(H,23,24). The normalized spacial score (nSPS) is 16.4. The third-order valence-corrected chi connectivity index (χ3v) is 5.40. The van der Waals surface area contributed by atoms with Crippen LogP contribution in [-0.2, 0) is 16.0 Å². The molecule has 28 heavy (non-hydrogen) atoms. The molecular weight excluding hydrogens is 400 g/mol. The first kappa shape index (κ1) is 19.7. The highest BCUT2D eigenvalue weighted by Gasteiger charge is 2.40. The molecule has 0 aliphatic carbocycles. The number of carbonyl (C=O) groups excluding carboxylic acids is 1. The van der Waals surface area contributed by atoms with Crippen molar-refractivity contribution in [2.45, 2.75) is 12.5 Å². The number of nitro benzene ring substituents is 1. The van der Waals surface area contributed by atoms with Crippen molar-refractivity contribution in [3.05, 3.63) is 80.7 Å². The van der Waals surface area contributed by atoms with Crippen molar-refractivity contribution >= 4 is 51.9 Å². The van der Waals surface area contributed by atoms with E-state index in [0.29, 0.717) is 5.56 Å². The van der Waals surface area contributed by atoms with E-state index in [1.165, 1.54) is 24.3 Å². The molecule has 1 saturated heterocycles. The SMILES string of the molecule is O=C(O)C(Cc1ccccc1)N1C(=O)C(=Cc2cccc([N+](=O)[O-])c2)SC1=S. The zero-order valence-electron chi connectivity index (χ0n) is 14.3. The van der Waals surface area contributed by atoms with Crippen molar-refractivity contribution in [3.63, 3.8) is 0 Å². The molecule has 1 heterocycles. The lowest BCUT2D eigenvalue weighted by atomic mass is 10.0. The average molecular weight is 414 g/mol. The van der Waals surface area contributed by atoms with Crippen LogP contribution < -0.4 is 0 Å². The number of carbonyl (C=O) groups is 2. The van der Waals surface area contributed by atoms with E-state index in [0.717, 1.165) is 22.2 Å². The first-order valence-electron chi connectivity index (χ1n) is 8.15. The van der Waals surface area contributed by atoms with Crippen LogP contribution in [0.1, 0.15) is 11.1 Å². The highest BCUT2D eigenvalue weighted by molar-refractivity contribution is 8.26. The number of aliphatic carboxylic acids is 1. The lowest BCUT2D eigenvalue weighted by Gasteiger charge is -2.23. The van der Waals surface area contributed by atoms with Crippen LogP contribution in [0.15, 0.2) is 59.5 Å². The Morgan fingerprint density at radius 1 is 1.25 bits per heavy atom. The van der Waals surface area contributed by atoms with Crippen LogP contribution >= 0.6 is 24.0 Å². The molecule has 0 radical (unpaired) electrons. The number of hydrogen-bond acceptors (Lipinski definition) is 6. The van der Waals surface area contributed by atoms with E-state index in [1.807, 2.05) is 6.07 Å². The van der Waals surface area contributed by atoms with Crippen LogP contribution in [0.4, 0.5) is 5.69 Å². The molecule has 1 amide bonds. The van der Waals surface area contributed by atoms with Crippen LogP contribution in [0.2, 0.25) is 0 Å². The first-order valence-corrected chi connectivity index (χ1v) is 9.37. The molecular formula is C19H14N2O5S2. The molecule has 2 aromatic rings. The number of nitro groups is 1. The number of amides is 1. The summed E-state index contributed by atoms with van der Waals surface area (Å²) in [7, 11) is 0. The minimum absolute atomic E-state index is 0.100. The molecule has 3 rings (SSSR count). The van der Waals surface area contributed by atoms with E-state index < -0.39 is 22.8 Å². The van der Waals surface area contributed by atoms with Gasteiger partial charge in [0.05, 0.1) is 9.83 Å². The van der Waals surface area contributed by atoms with Gasteiger partial charge in [-0.3, -0.25) is 19.8 Å². The molecule has 9 heteroatoms. The average Bonchev–Trinajstić information content (AvgIpc) is 2.94. The maximum atomic E-state index is 12.8. The largest absolute Gasteiger partial charge is 0.480 e. The van der Waals surface area contributed by atoms with Gasteiger partial charge in [0, 0.05) is 18.6 Å². The number of thioether (sulfide) groups is 1. The van der Waals surface area contributed by atoms with Crippen LogP contribution in [-0.4, -0.2) is 37.2 Å². The Morgan fingerprint density at radius 2 is 1.96 bits per heavy atom. The molecule has 142 valence electrons. The maximum Gasteiger partial charge on any atom is 0.327 e. The van der Waals surface area contributed by atoms with E-state index in [1.54, 1.807) is 30.3 Å². The monoisotopic (exact) mass is 414 g/mol. The van der Waals surface area contributed by atoms with Crippen molar-refractivity contribution in [1.82, 2.24) is 4.90 Å². The molecule has 0 bridgehead atoms. The molecule has 1 unspecified atom stereocenters. The Morgan fingerprint density at radius 3 is 2.61 bits per heavy atom. The Hall–Kier alpha value is -3.04. The van der Waals surface area contributed by atoms with Gasteiger partial charge < -0.3 is 5.11 Å². The van der Waals surface area contributed by atoms with Crippen LogP contribution in [0.3, 0.4) is 0 Å². The second-order valence-electron chi connectivity index (χ2n) is 5.95. The van der Waals surface area contributed by atoms with Crippen molar-refractivity contribution in [3.8, 4) is 0 Å². The minimum atomic E-state index is -1.16. The van der Waals surface area contributed by atoms with Gasteiger partial charge in [0.15, 0.2) is 0 Å². The summed E-state index contributed by atoms with van der Waals surface area (Å²) < 4.78 is 0.144. The summed E-state index contributed by atoms with van der Waals surface area (Å²) >= 11 is 6.23. The molecule has 0 aromatic heterocycles. The number of non-ortho nitro benzene ring substituents is 1. The summed E-state index contributed by atoms with van der Waals surface area (Å²) in [4.78, 5) is 36.3. The first-order chi connectivity index (χ1) is 13.4. The number of hydrogen-bond donors (Lipinski definition) is 1. The summed E-state index contributed by atoms with van der Waals surface area (Å²) in [5, 5.41) is 20.6. The summed E-state index contributed by atoms with van der Waals surface area (Å²) in [5.41, 5.74) is 1.13. The summed E-state index contributed by atoms with van der Waals surface area (Å²) in [6.07, 6.45) is 1.60. The summed E-state index contributed by atoms with van der Waals surface area (Å²) in [6.45, 7) is 0. The number of benzene rings is 2. The van der Waals surface area contributed by atoms with Crippen LogP contribution in [0.5, 0.6) is 0 Å². The van der Waals surface area contributed by atoms with Gasteiger partial charge in [-0.15, -0.1) is 0 Å². The molecule has 1 aliphatic heterocycles. The highest BCUT2D eigenvalue weighted by atomic mass is 32.2. The van der Waals surface area contributed by atoms with E-state index in [4.69, 9.17) is 12.2 Å². The van der Waals surface area contributed by atoms with Gasteiger partial charge in [-0.1, -0.05) is 66.4 Å². The Kier molecular flexibility index (Phi) is 5.86. The highest BCUT2D eigenvalue weighted by Crippen LogP contribution is 2.35. The Bertz CT molecular complexity index is 991.